The van der Waals surface area contributed by atoms with Gasteiger partial charge >= 0.3 is 0 Å². The minimum absolute atomic E-state index is 0.351. The molecule has 3 aromatic carbocycles. The van der Waals surface area contributed by atoms with Crippen LogP contribution in [0.25, 0.3) is 0 Å². The molecule has 0 heterocycles. The van der Waals surface area contributed by atoms with E-state index in [9.17, 15) is 4.79 Å². The van der Waals surface area contributed by atoms with E-state index in [-0.39, 0.29) is 0 Å². The molecule has 3 aromatic rings. The number of rotatable bonds is 9. The molecular weight excluding hydrogens is 359 g/mol. The Balaban J connectivity index is 2.05. The number of unbranched alkanes of at least 4 members (excludes halogenated alkanes) is 1. The first-order chi connectivity index (χ1) is 13.8. The van der Waals surface area contributed by atoms with Crippen molar-refractivity contribution in [3.05, 3.63) is 103 Å². The molecule has 0 fully saturated rings. The van der Waals surface area contributed by atoms with E-state index in [1.54, 1.807) is 0 Å². The van der Waals surface area contributed by atoms with Crippen molar-refractivity contribution in [2.45, 2.75) is 32.6 Å². The van der Waals surface area contributed by atoms with E-state index in [1.807, 2.05) is 6.92 Å². The highest BCUT2D eigenvalue weighted by Gasteiger charge is 2.42. The summed E-state index contributed by atoms with van der Waals surface area (Å²) in [4.78, 5) is 11.6. The van der Waals surface area contributed by atoms with Crippen molar-refractivity contribution >= 4 is 29.0 Å². The smallest absolute Gasteiger partial charge is 0.136 e. The molecule has 0 bridgehead atoms. The van der Waals surface area contributed by atoms with Gasteiger partial charge in [0.25, 0.3) is 0 Å². The molecule has 0 N–H and O–H groups in total. The van der Waals surface area contributed by atoms with Crippen LogP contribution in [0.4, 0.5) is 0 Å². The number of carbonyl (C=O) groups excluding carboxylic acids is 1. The molecule has 1 nitrogen and oxygen atoms in total. The van der Waals surface area contributed by atoms with Crippen molar-refractivity contribution in [3.63, 3.8) is 0 Å². The highest BCUT2D eigenvalue weighted by molar-refractivity contribution is 7.98. The monoisotopic (exact) mass is 387 g/mol. The molecule has 0 aliphatic heterocycles. The van der Waals surface area contributed by atoms with E-state index in [0.29, 0.717) is 18.6 Å². The van der Waals surface area contributed by atoms with E-state index in [0.717, 1.165) is 12.8 Å². The molecule has 0 aliphatic carbocycles. The van der Waals surface area contributed by atoms with Gasteiger partial charge in [-0.2, -0.15) is 0 Å². The highest BCUT2D eigenvalue weighted by atomic mass is 31.2. The maximum atomic E-state index is 11.6. The van der Waals surface area contributed by atoms with Crippen LogP contribution in [0, 0.1) is 0 Å². The normalized spacial score (nSPS) is 11.6. The van der Waals surface area contributed by atoms with Gasteiger partial charge < -0.3 is 0 Å². The van der Waals surface area contributed by atoms with Gasteiger partial charge in [0.15, 0.2) is 0 Å². The van der Waals surface area contributed by atoms with E-state index >= 15 is 0 Å². The number of hydrogen-bond acceptors (Lipinski definition) is 1. The Bertz CT molecular complexity index is 789. The number of allylic oxidation sites excluding steroid dienone is 1. The zero-order valence-electron chi connectivity index (χ0n) is 16.5. The molecule has 28 heavy (non-hydrogen) atoms. The second kappa shape index (κ2) is 10.2. The zero-order valence-corrected chi connectivity index (χ0v) is 17.4. The van der Waals surface area contributed by atoms with Gasteiger partial charge in [-0.25, -0.2) is 0 Å². The fourth-order valence-corrected chi connectivity index (χ4v) is 7.32. The summed E-state index contributed by atoms with van der Waals surface area (Å²) in [5, 5.41) is 4.06. The summed E-state index contributed by atoms with van der Waals surface area (Å²) >= 11 is 0. The van der Waals surface area contributed by atoms with Crippen LogP contribution < -0.4 is 15.9 Å². The summed E-state index contributed by atoms with van der Waals surface area (Å²) in [6.07, 6.45) is 5.46. The average molecular weight is 387 g/mol. The lowest BCUT2D eigenvalue weighted by Crippen LogP contribution is -2.29. The van der Waals surface area contributed by atoms with Crippen molar-refractivity contribution in [2.24, 2.45) is 0 Å². The van der Waals surface area contributed by atoms with Crippen LogP contribution in [0.5, 0.6) is 0 Å². The van der Waals surface area contributed by atoms with Crippen LogP contribution in [0.15, 0.2) is 103 Å². The molecular formula is C26H28OP+. The third-order valence-corrected chi connectivity index (χ3v) is 9.04. The van der Waals surface area contributed by atoms with Gasteiger partial charge in [-0.05, 0) is 55.3 Å². The largest absolute Gasteiger partial charge is 0.300 e. The van der Waals surface area contributed by atoms with Crippen molar-refractivity contribution < 1.29 is 4.79 Å². The molecule has 0 atom stereocenters. The Morgan fingerprint density at radius 2 is 1.18 bits per heavy atom. The number of ketones is 1. The van der Waals surface area contributed by atoms with E-state index < -0.39 is 7.26 Å². The third kappa shape index (κ3) is 4.66. The Hall–Kier alpha value is -2.50. The topological polar surface area (TPSA) is 17.1 Å². The first-order valence-electron chi connectivity index (χ1n) is 10.0. The summed E-state index contributed by atoms with van der Waals surface area (Å²) in [5.41, 5.74) is 0. The molecule has 0 aromatic heterocycles. The minimum atomic E-state index is -1.89. The second-order valence-corrected chi connectivity index (χ2v) is 10.2. The van der Waals surface area contributed by atoms with Crippen molar-refractivity contribution in [1.82, 2.24) is 0 Å². The van der Waals surface area contributed by atoms with Crippen molar-refractivity contribution in [3.8, 4) is 0 Å². The number of carbonyl (C=O) groups is 1. The standard InChI is InChI=1S/C26H28OP/c1-2-23(27)15-7-6-14-22-28(24-16-8-3-9-17-24,25-18-10-4-11-19-25)26-20-12-5-13-21-26/h3-5,8-14,16-22H,2,6-7,15H2,1H3/q+1. The summed E-state index contributed by atoms with van der Waals surface area (Å²) in [5.74, 6) is 2.78. The van der Waals surface area contributed by atoms with Gasteiger partial charge in [-0.3, -0.25) is 4.79 Å². The lowest BCUT2D eigenvalue weighted by atomic mass is 10.1. The van der Waals surface area contributed by atoms with Gasteiger partial charge in [-0.1, -0.05) is 61.5 Å². The Kier molecular flexibility index (Phi) is 7.34. The quantitative estimate of drug-likeness (QED) is 0.343. The molecule has 0 aliphatic rings. The number of Topliss-reactive ketones (excluding diaryl/α,β-unsaturated/α-hetero) is 1. The van der Waals surface area contributed by atoms with Gasteiger partial charge in [0.1, 0.15) is 29.0 Å². The minimum Gasteiger partial charge on any atom is -0.300 e. The van der Waals surface area contributed by atoms with Crippen LogP contribution in [0.2, 0.25) is 0 Å². The highest BCUT2D eigenvalue weighted by Crippen LogP contribution is 2.56. The zero-order chi connectivity index (χ0) is 19.7. The van der Waals surface area contributed by atoms with Crippen LogP contribution >= 0.6 is 7.26 Å². The molecule has 0 saturated carbocycles. The van der Waals surface area contributed by atoms with Crippen LogP contribution in [-0.2, 0) is 4.79 Å². The molecule has 3 rings (SSSR count). The Morgan fingerprint density at radius 3 is 1.57 bits per heavy atom. The first kappa shape index (κ1) is 20.2. The summed E-state index contributed by atoms with van der Waals surface area (Å²) in [6, 6.07) is 32.5. The Morgan fingerprint density at radius 1 is 0.750 bits per heavy atom. The molecule has 0 unspecified atom stereocenters. The molecule has 0 radical (unpaired) electrons. The summed E-state index contributed by atoms with van der Waals surface area (Å²) < 4.78 is 0. The van der Waals surface area contributed by atoms with Gasteiger partial charge in [0.2, 0.25) is 0 Å². The molecule has 2 heteroatoms. The van der Waals surface area contributed by atoms with E-state index in [1.165, 1.54) is 15.9 Å². The van der Waals surface area contributed by atoms with E-state index in [2.05, 4.69) is 103 Å². The van der Waals surface area contributed by atoms with Gasteiger partial charge in [0, 0.05) is 12.8 Å². The van der Waals surface area contributed by atoms with Crippen molar-refractivity contribution in [2.75, 3.05) is 0 Å². The third-order valence-electron chi connectivity index (χ3n) is 5.04. The number of hydrogen-bond donors (Lipinski definition) is 0. The molecule has 0 saturated heterocycles. The van der Waals surface area contributed by atoms with Crippen molar-refractivity contribution in [1.29, 1.82) is 0 Å². The average Bonchev–Trinajstić information content (AvgIpc) is 2.78. The van der Waals surface area contributed by atoms with Crippen LogP contribution in [0.1, 0.15) is 32.6 Å². The maximum absolute atomic E-state index is 11.6. The molecule has 0 spiro atoms. The van der Waals surface area contributed by atoms with E-state index in [4.69, 9.17) is 0 Å². The van der Waals surface area contributed by atoms with Crippen LogP contribution in [0.3, 0.4) is 0 Å². The number of benzene rings is 3. The first-order valence-corrected chi connectivity index (χ1v) is 11.9. The van der Waals surface area contributed by atoms with Crippen LogP contribution in [-0.4, -0.2) is 5.78 Å². The fraction of sp³-hybridized carbons (Fsp3) is 0.192. The fourth-order valence-electron chi connectivity index (χ4n) is 3.52. The summed E-state index contributed by atoms with van der Waals surface area (Å²) in [7, 11) is -1.89. The Labute approximate surface area is 169 Å². The lowest BCUT2D eigenvalue weighted by Gasteiger charge is -2.24. The predicted octanol–water partition coefficient (Wildman–Crippen LogP) is 5.64. The predicted molar refractivity (Wildman–Crippen MR) is 123 cm³/mol. The van der Waals surface area contributed by atoms with Gasteiger partial charge in [-0.15, -0.1) is 0 Å². The SMILES string of the molecule is CCC(=O)CCCC=C[P+](c1ccccc1)(c1ccccc1)c1ccccc1. The molecule has 142 valence electrons. The lowest BCUT2D eigenvalue weighted by molar-refractivity contribution is -0.118. The second-order valence-electron chi connectivity index (χ2n) is 6.90. The maximum Gasteiger partial charge on any atom is 0.136 e. The van der Waals surface area contributed by atoms with Gasteiger partial charge in [0.05, 0.1) is 5.82 Å². The summed E-state index contributed by atoms with van der Waals surface area (Å²) in [6.45, 7) is 1.94. The molecule has 0 amide bonds.